The van der Waals surface area contributed by atoms with Gasteiger partial charge >= 0.3 is 13.3 Å². The first-order chi connectivity index (χ1) is 9.37. The van der Waals surface area contributed by atoms with E-state index in [2.05, 4.69) is 4.98 Å². The molecule has 0 aliphatic rings. The fourth-order valence-electron chi connectivity index (χ4n) is 1.59. The van der Waals surface area contributed by atoms with E-state index in [9.17, 15) is 14.2 Å². The second-order valence-corrected chi connectivity index (χ2v) is 5.50. The Hall–Kier alpha value is -2.15. The van der Waals surface area contributed by atoms with Crippen LogP contribution in [0.15, 0.2) is 39.9 Å². The van der Waals surface area contributed by atoms with Crippen LogP contribution in [0.25, 0.3) is 11.1 Å². The van der Waals surface area contributed by atoms with Gasteiger partial charge in [-0.3, -0.25) is 19.3 Å². The van der Waals surface area contributed by atoms with Crippen molar-refractivity contribution < 1.29 is 19.1 Å². The van der Waals surface area contributed by atoms with Crippen LogP contribution < -0.4 is 16.0 Å². The lowest BCUT2D eigenvalue weighted by Crippen LogP contribution is -2.25. The van der Waals surface area contributed by atoms with Crippen LogP contribution in [0.2, 0.25) is 0 Å². The largest absolute Gasteiger partial charge is 0.465 e. The number of aromatic amines is 2. The molecule has 20 heavy (non-hydrogen) atoms. The van der Waals surface area contributed by atoms with Crippen molar-refractivity contribution in [3.63, 3.8) is 0 Å². The predicted octanol–water partition coefficient (Wildman–Crippen LogP) is 0.244. The van der Waals surface area contributed by atoms with Gasteiger partial charge in [0.15, 0.2) is 6.35 Å². The zero-order chi connectivity index (χ0) is 14.8. The fraction of sp³-hybridized carbons (Fsp3) is 0.0909. The Morgan fingerprint density at radius 2 is 1.75 bits per heavy atom. The molecule has 0 aliphatic heterocycles. The van der Waals surface area contributed by atoms with Gasteiger partial charge in [-0.05, 0) is 5.56 Å². The van der Waals surface area contributed by atoms with E-state index in [1.807, 2.05) is 4.98 Å². The van der Waals surface area contributed by atoms with E-state index < -0.39 is 25.2 Å². The first-order valence-corrected chi connectivity index (χ1v) is 7.26. The van der Waals surface area contributed by atoms with Crippen LogP contribution in [0.5, 0.6) is 5.88 Å². The molecule has 0 spiro atoms. The highest BCUT2D eigenvalue weighted by Crippen LogP contribution is 2.35. The number of hydrogen-bond donors (Lipinski definition) is 4. The molecule has 0 radical (unpaired) electrons. The third-order valence-electron chi connectivity index (χ3n) is 2.35. The topological polar surface area (TPSA) is 132 Å². The van der Waals surface area contributed by atoms with Gasteiger partial charge in [-0.25, -0.2) is 4.79 Å². The molecule has 106 valence electrons. The van der Waals surface area contributed by atoms with Gasteiger partial charge in [0.2, 0.25) is 5.88 Å². The second kappa shape index (κ2) is 5.46. The predicted molar refractivity (Wildman–Crippen MR) is 70.7 cm³/mol. The molecule has 0 aliphatic carbocycles. The Morgan fingerprint density at radius 1 is 1.10 bits per heavy atom. The first kappa shape index (κ1) is 14.3. The molecule has 0 fully saturated rings. The van der Waals surface area contributed by atoms with Crippen LogP contribution in [0, 0.1) is 0 Å². The Morgan fingerprint density at radius 3 is 2.35 bits per heavy atom. The van der Waals surface area contributed by atoms with Gasteiger partial charge in [-0.15, -0.1) is 0 Å². The van der Waals surface area contributed by atoms with E-state index in [4.69, 9.17) is 14.5 Å². The summed E-state index contributed by atoms with van der Waals surface area (Å²) in [4.78, 5) is 44.9. The monoisotopic (exact) mass is 298 g/mol. The second-order valence-electron chi connectivity index (χ2n) is 3.92. The minimum absolute atomic E-state index is 0.00125. The van der Waals surface area contributed by atoms with Crippen molar-refractivity contribution in [2.75, 3.05) is 6.35 Å². The van der Waals surface area contributed by atoms with Gasteiger partial charge in [0.05, 0.1) is 0 Å². The molecule has 0 atom stereocenters. The minimum atomic E-state index is -4.43. The summed E-state index contributed by atoms with van der Waals surface area (Å²) in [6.07, 6.45) is -0.938. The van der Waals surface area contributed by atoms with Crippen molar-refractivity contribution in [2.45, 2.75) is 0 Å². The summed E-state index contributed by atoms with van der Waals surface area (Å²) in [5.74, 6) is -0.284. The Kier molecular flexibility index (Phi) is 3.89. The van der Waals surface area contributed by atoms with E-state index in [0.717, 1.165) is 0 Å². The molecule has 1 aromatic heterocycles. The van der Waals surface area contributed by atoms with Crippen LogP contribution in [-0.4, -0.2) is 26.1 Å². The van der Waals surface area contributed by atoms with Crippen molar-refractivity contribution in [1.29, 1.82) is 0 Å². The van der Waals surface area contributed by atoms with Crippen molar-refractivity contribution in [1.82, 2.24) is 9.97 Å². The quantitative estimate of drug-likeness (QED) is 0.598. The number of ether oxygens (including phenoxy) is 1. The minimum Gasteiger partial charge on any atom is -0.465 e. The summed E-state index contributed by atoms with van der Waals surface area (Å²) >= 11 is 0. The molecule has 2 rings (SSSR count). The van der Waals surface area contributed by atoms with Gasteiger partial charge in [0.25, 0.3) is 5.56 Å². The molecule has 9 heteroatoms. The molecule has 0 saturated carbocycles. The van der Waals surface area contributed by atoms with Crippen molar-refractivity contribution in [2.24, 2.45) is 0 Å². The molecule has 2 aromatic rings. The summed E-state index contributed by atoms with van der Waals surface area (Å²) in [7, 11) is -4.43. The number of hydrogen-bond acceptors (Lipinski definition) is 4. The zero-order valence-electron chi connectivity index (χ0n) is 10.1. The molecular weight excluding hydrogens is 287 g/mol. The Labute approximate surface area is 112 Å². The lowest BCUT2D eigenvalue weighted by Gasteiger charge is -2.10. The van der Waals surface area contributed by atoms with Crippen molar-refractivity contribution in [3.8, 4) is 17.0 Å². The average molecular weight is 298 g/mol. The number of nitrogens with one attached hydrogen (secondary N) is 2. The summed E-state index contributed by atoms with van der Waals surface area (Å²) in [6.45, 7) is 0. The molecule has 0 bridgehead atoms. The lowest BCUT2D eigenvalue weighted by molar-refractivity contribution is 0.294. The molecule has 1 aromatic carbocycles. The smallest absolute Gasteiger partial charge is 0.362 e. The number of aromatic nitrogens is 2. The maximum Gasteiger partial charge on any atom is 0.362 e. The maximum absolute atomic E-state index is 11.8. The molecular formula is C11H11N2O6P. The van der Waals surface area contributed by atoms with Crippen LogP contribution in [0.4, 0.5) is 0 Å². The zero-order valence-corrected chi connectivity index (χ0v) is 11.0. The van der Waals surface area contributed by atoms with Crippen LogP contribution >= 0.6 is 7.60 Å². The highest BCUT2D eigenvalue weighted by molar-refractivity contribution is 7.51. The molecule has 1 heterocycles. The van der Waals surface area contributed by atoms with Gasteiger partial charge in [0.1, 0.15) is 5.56 Å². The highest BCUT2D eigenvalue weighted by atomic mass is 31.2. The lowest BCUT2D eigenvalue weighted by atomic mass is 10.1. The number of rotatable bonds is 4. The SMILES string of the molecule is O=c1[nH]c(OCP(=O)(O)O)c(-c2ccccc2)c(=O)[nH]1. The maximum atomic E-state index is 11.8. The highest BCUT2D eigenvalue weighted by Gasteiger charge is 2.18. The van der Waals surface area contributed by atoms with Gasteiger partial charge in [0, 0.05) is 0 Å². The summed E-state index contributed by atoms with van der Waals surface area (Å²) in [6, 6.07) is 8.29. The van der Waals surface area contributed by atoms with Crippen LogP contribution in [0.3, 0.4) is 0 Å². The molecule has 8 nitrogen and oxygen atoms in total. The first-order valence-electron chi connectivity index (χ1n) is 5.46. The third kappa shape index (κ3) is 3.45. The third-order valence-corrected chi connectivity index (χ3v) is 2.81. The van der Waals surface area contributed by atoms with E-state index >= 15 is 0 Å². The number of H-pyrrole nitrogens is 2. The van der Waals surface area contributed by atoms with E-state index in [1.165, 1.54) is 0 Å². The van der Waals surface area contributed by atoms with Gasteiger partial charge in [-0.2, -0.15) is 0 Å². The van der Waals surface area contributed by atoms with Crippen LogP contribution in [-0.2, 0) is 4.57 Å². The standard InChI is InChI=1S/C11H11N2O6P/c14-9-8(7-4-2-1-3-5-7)10(13-11(15)12-9)19-6-20(16,17)18/h1-5H,6H2,(H2,16,17,18)(H2,12,13,14,15). The Bertz CT molecular complexity index is 760. The summed E-state index contributed by atoms with van der Waals surface area (Å²) in [5.41, 5.74) is -1.08. The van der Waals surface area contributed by atoms with Gasteiger partial charge < -0.3 is 14.5 Å². The van der Waals surface area contributed by atoms with Gasteiger partial charge in [-0.1, -0.05) is 30.3 Å². The van der Waals surface area contributed by atoms with E-state index in [0.29, 0.717) is 5.56 Å². The Balaban J connectivity index is 2.53. The summed E-state index contributed by atoms with van der Waals surface area (Å²) < 4.78 is 15.7. The summed E-state index contributed by atoms with van der Waals surface area (Å²) in [5, 5.41) is 0. The molecule has 4 N–H and O–H groups in total. The molecule has 0 saturated heterocycles. The molecule has 0 amide bonds. The van der Waals surface area contributed by atoms with Crippen LogP contribution in [0.1, 0.15) is 0 Å². The number of benzene rings is 1. The van der Waals surface area contributed by atoms with Crippen molar-refractivity contribution >= 4 is 7.60 Å². The average Bonchev–Trinajstić information content (AvgIpc) is 2.36. The molecule has 0 unspecified atom stereocenters. The van der Waals surface area contributed by atoms with E-state index in [1.54, 1.807) is 30.3 Å². The van der Waals surface area contributed by atoms with Crippen molar-refractivity contribution in [3.05, 3.63) is 51.2 Å². The fourth-order valence-corrected chi connectivity index (χ4v) is 1.89. The normalized spacial score (nSPS) is 11.3. The van der Waals surface area contributed by atoms with E-state index in [-0.39, 0.29) is 11.4 Å².